The van der Waals surface area contributed by atoms with Crippen molar-refractivity contribution >= 4 is 12.1 Å². The molecule has 4 atom stereocenters. The lowest BCUT2D eigenvalue weighted by Gasteiger charge is -2.30. The van der Waals surface area contributed by atoms with E-state index >= 15 is 0 Å². The average molecular weight is 470 g/mol. The van der Waals surface area contributed by atoms with Crippen LogP contribution in [0.25, 0.3) is 0 Å². The molecule has 0 unspecified atom stereocenters. The summed E-state index contributed by atoms with van der Waals surface area (Å²) in [7, 11) is 0. The van der Waals surface area contributed by atoms with Crippen molar-refractivity contribution in [2.75, 3.05) is 6.61 Å². The summed E-state index contributed by atoms with van der Waals surface area (Å²) in [6.45, 7) is 7.03. The molecule has 1 aliphatic rings. The van der Waals surface area contributed by atoms with Gasteiger partial charge in [0.1, 0.15) is 25.4 Å². The van der Waals surface area contributed by atoms with Crippen LogP contribution in [0.5, 0.6) is 0 Å². The molecule has 0 saturated carbocycles. The van der Waals surface area contributed by atoms with Crippen molar-refractivity contribution in [2.45, 2.75) is 57.0 Å². The van der Waals surface area contributed by atoms with Crippen LogP contribution < -0.4 is 5.32 Å². The average Bonchev–Trinajstić information content (AvgIpc) is 3.15. The Kier molecular flexibility index (Phi) is 8.81. The zero-order valence-corrected chi connectivity index (χ0v) is 19.4. The predicted octanol–water partition coefficient (Wildman–Crippen LogP) is 3.60. The minimum absolute atomic E-state index is 0.0720. The van der Waals surface area contributed by atoms with Gasteiger partial charge < -0.3 is 29.4 Å². The van der Waals surface area contributed by atoms with Crippen molar-refractivity contribution in [1.29, 1.82) is 0 Å². The highest BCUT2D eigenvalue weighted by Gasteiger charge is 2.48. The molecule has 8 nitrogen and oxygen atoms in total. The molecule has 1 aliphatic heterocycles. The summed E-state index contributed by atoms with van der Waals surface area (Å²) in [4.78, 5) is 25.0. The third-order valence-electron chi connectivity index (χ3n) is 5.28. The number of hydrogen-bond donors (Lipinski definition) is 2. The maximum atomic E-state index is 12.6. The molecule has 3 rings (SSSR count). The first kappa shape index (κ1) is 25.4. The van der Waals surface area contributed by atoms with Crippen molar-refractivity contribution in [3.05, 3.63) is 84.4 Å². The summed E-state index contributed by atoms with van der Waals surface area (Å²) < 4.78 is 22.7. The first-order valence-corrected chi connectivity index (χ1v) is 11.1. The van der Waals surface area contributed by atoms with Gasteiger partial charge >= 0.3 is 12.1 Å². The van der Waals surface area contributed by atoms with Crippen LogP contribution in [-0.2, 0) is 25.6 Å². The van der Waals surface area contributed by atoms with Crippen molar-refractivity contribution in [3.8, 4) is 0 Å². The number of carbonyl (C=O) groups is 2. The maximum absolute atomic E-state index is 12.6. The summed E-state index contributed by atoms with van der Waals surface area (Å²) in [5.74, 6) is -1.53. The molecule has 1 amide bonds. The summed E-state index contributed by atoms with van der Waals surface area (Å²) >= 11 is 0. The van der Waals surface area contributed by atoms with Gasteiger partial charge in [0.25, 0.3) is 0 Å². The zero-order valence-electron chi connectivity index (χ0n) is 19.4. The molecule has 0 bridgehead atoms. The molecule has 8 heteroatoms. The number of nitrogens with one attached hydrogen (secondary N) is 1. The molecular weight excluding hydrogens is 438 g/mol. The fraction of sp³-hybridized carbons (Fsp3) is 0.385. The van der Waals surface area contributed by atoms with Crippen LogP contribution in [-0.4, -0.2) is 53.9 Å². The fourth-order valence-corrected chi connectivity index (χ4v) is 3.73. The molecule has 1 heterocycles. The number of carbonyl (C=O) groups excluding carboxylic acids is 2. The van der Waals surface area contributed by atoms with Crippen LogP contribution in [0.4, 0.5) is 4.79 Å². The van der Waals surface area contributed by atoms with Crippen molar-refractivity contribution in [1.82, 2.24) is 5.32 Å². The number of alkyl carbamates (subject to hydrolysis) is 1. The number of benzene rings is 2. The van der Waals surface area contributed by atoms with Crippen LogP contribution in [0.3, 0.4) is 0 Å². The van der Waals surface area contributed by atoms with Crippen molar-refractivity contribution < 1.29 is 33.6 Å². The lowest BCUT2D eigenvalue weighted by atomic mass is 9.98. The molecule has 0 spiro atoms. The Balaban J connectivity index is 1.69. The second kappa shape index (κ2) is 11.8. The number of rotatable bonds is 10. The normalized spacial score (nSPS) is 20.7. The van der Waals surface area contributed by atoms with E-state index in [1.54, 1.807) is 50.3 Å². The van der Waals surface area contributed by atoms with Crippen molar-refractivity contribution in [2.24, 2.45) is 0 Å². The molecule has 0 radical (unpaired) electrons. The largest absolute Gasteiger partial charge is 0.459 e. The third-order valence-corrected chi connectivity index (χ3v) is 5.28. The topological polar surface area (TPSA) is 103 Å². The number of ether oxygens (including phenoxy) is 4. The van der Waals surface area contributed by atoms with Crippen LogP contribution in [0, 0.1) is 0 Å². The highest BCUT2D eigenvalue weighted by Crippen LogP contribution is 2.32. The van der Waals surface area contributed by atoms with Gasteiger partial charge in [0.15, 0.2) is 5.79 Å². The second-order valence-electron chi connectivity index (χ2n) is 8.43. The van der Waals surface area contributed by atoms with Gasteiger partial charge in [-0.2, -0.15) is 0 Å². The molecule has 2 aromatic carbocycles. The van der Waals surface area contributed by atoms with Gasteiger partial charge in [-0.15, -0.1) is 6.58 Å². The molecular formula is C26H31NO7. The lowest BCUT2D eigenvalue weighted by molar-refractivity contribution is -0.153. The quantitative estimate of drug-likeness (QED) is 0.405. The Morgan fingerprint density at radius 2 is 1.74 bits per heavy atom. The molecule has 0 aliphatic carbocycles. The lowest BCUT2D eigenvalue weighted by Crippen LogP contribution is -2.55. The van der Waals surface area contributed by atoms with Crippen LogP contribution >= 0.6 is 0 Å². The second-order valence-corrected chi connectivity index (χ2v) is 8.43. The van der Waals surface area contributed by atoms with Crippen LogP contribution in [0.15, 0.2) is 73.3 Å². The minimum atomic E-state index is -1.03. The van der Waals surface area contributed by atoms with Crippen LogP contribution in [0.1, 0.15) is 36.2 Å². The maximum Gasteiger partial charge on any atom is 0.407 e. The number of hydrogen-bond acceptors (Lipinski definition) is 7. The Hall–Kier alpha value is -3.20. The summed E-state index contributed by atoms with van der Waals surface area (Å²) in [5.41, 5.74) is 1.23. The number of esters is 1. The Morgan fingerprint density at radius 1 is 1.09 bits per heavy atom. The molecule has 2 aromatic rings. The van der Waals surface area contributed by atoms with Gasteiger partial charge in [0.2, 0.25) is 0 Å². The highest BCUT2D eigenvalue weighted by atomic mass is 16.8. The molecule has 182 valence electrons. The minimum Gasteiger partial charge on any atom is -0.459 e. The SMILES string of the molecule is C=CC[C@@H](O)[C@@H](NC(=O)OCc1ccccc1)[C@@H]1OC(C)(C)O[C@@H]1COC(=O)c1ccccc1. The van der Waals surface area contributed by atoms with Gasteiger partial charge in [-0.3, -0.25) is 0 Å². The van der Waals surface area contributed by atoms with Gasteiger partial charge in [-0.05, 0) is 38.0 Å². The first-order chi connectivity index (χ1) is 16.3. The molecule has 1 fully saturated rings. The molecule has 1 saturated heterocycles. The first-order valence-electron chi connectivity index (χ1n) is 11.1. The smallest absolute Gasteiger partial charge is 0.407 e. The van der Waals surface area contributed by atoms with Gasteiger partial charge in [-0.1, -0.05) is 54.6 Å². The van der Waals surface area contributed by atoms with Crippen molar-refractivity contribution in [3.63, 3.8) is 0 Å². The zero-order chi connectivity index (χ0) is 24.6. The summed E-state index contributed by atoms with van der Waals surface area (Å²) in [6.07, 6.45) is -1.55. The number of aliphatic hydroxyl groups is 1. The summed E-state index contributed by atoms with van der Waals surface area (Å²) in [5, 5.41) is 13.5. The van der Waals surface area contributed by atoms with E-state index in [1.165, 1.54) is 0 Å². The van der Waals surface area contributed by atoms with E-state index in [9.17, 15) is 14.7 Å². The van der Waals surface area contributed by atoms with E-state index in [0.29, 0.717) is 5.56 Å². The van der Waals surface area contributed by atoms with Gasteiger partial charge in [0.05, 0.1) is 17.7 Å². The molecule has 2 N–H and O–H groups in total. The van der Waals surface area contributed by atoms with Gasteiger partial charge in [0, 0.05) is 0 Å². The monoisotopic (exact) mass is 469 g/mol. The number of aliphatic hydroxyl groups excluding tert-OH is 1. The van der Waals surface area contributed by atoms with E-state index in [0.717, 1.165) is 5.56 Å². The Morgan fingerprint density at radius 3 is 2.38 bits per heavy atom. The van der Waals surface area contributed by atoms with E-state index in [-0.39, 0.29) is 19.6 Å². The highest BCUT2D eigenvalue weighted by molar-refractivity contribution is 5.89. The third kappa shape index (κ3) is 7.15. The van der Waals surface area contributed by atoms with Crippen LogP contribution in [0.2, 0.25) is 0 Å². The van der Waals surface area contributed by atoms with E-state index < -0.39 is 42.2 Å². The fourth-order valence-electron chi connectivity index (χ4n) is 3.73. The number of amides is 1. The Labute approximate surface area is 199 Å². The standard InChI is InChI=1S/C26H31NO7/c1-4-11-20(28)22(27-25(30)32-16-18-12-7-5-8-13-18)23-21(33-26(2,3)34-23)17-31-24(29)19-14-9-6-10-15-19/h4-10,12-15,20-23,28H,1,11,16-17H2,2-3H3,(H,27,30)/t20-,21-,22-,23-/m1/s1. The Bertz CT molecular complexity index is 948. The summed E-state index contributed by atoms with van der Waals surface area (Å²) in [6, 6.07) is 16.9. The van der Waals surface area contributed by atoms with E-state index in [2.05, 4.69) is 11.9 Å². The van der Waals surface area contributed by atoms with E-state index in [1.807, 2.05) is 30.3 Å². The molecule has 0 aromatic heterocycles. The van der Waals surface area contributed by atoms with Gasteiger partial charge in [-0.25, -0.2) is 9.59 Å². The van der Waals surface area contributed by atoms with E-state index in [4.69, 9.17) is 18.9 Å². The predicted molar refractivity (Wildman–Crippen MR) is 125 cm³/mol. The molecule has 34 heavy (non-hydrogen) atoms.